The van der Waals surface area contributed by atoms with E-state index in [1.165, 1.54) is 28.8 Å². The quantitative estimate of drug-likeness (QED) is 0.789. The van der Waals surface area contributed by atoms with Gasteiger partial charge in [-0.2, -0.15) is 4.98 Å². The van der Waals surface area contributed by atoms with Gasteiger partial charge in [-0.25, -0.2) is 4.98 Å². The number of hydrogen-bond acceptors (Lipinski definition) is 6. The topological polar surface area (TPSA) is 88.8 Å². The van der Waals surface area contributed by atoms with Crippen LogP contribution in [0.4, 0.5) is 11.8 Å². The molecule has 0 aromatic carbocycles. The lowest BCUT2D eigenvalue weighted by Gasteiger charge is -2.20. The summed E-state index contributed by atoms with van der Waals surface area (Å²) < 4.78 is 0. The van der Waals surface area contributed by atoms with Crippen molar-refractivity contribution in [1.82, 2.24) is 20.3 Å². The first-order valence-electron chi connectivity index (χ1n) is 7.86. The standard InChI is InChI=1S/C16H20N6/c17-16-21-14-9-18-5-4-12(14)15(22-16)20-8-10-6-11-2-1-3-13(11)19-7-10/h6-7,18H,1-5,8-9H2,(H3,17,20,21,22). The lowest BCUT2D eigenvalue weighted by atomic mass is 10.1. The third-order valence-electron chi connectivity index (χ3n) is 4.39. The highest BCUT2D eigenvalue weighted by Crippen LogP contribution is 2.23. The van der Waals surface area contributed by atoms with Gasteiger partial charge in [0.25, 0.3) is 0 Å². The highest BCUT2D eigenvalue weighted by atomic mass is 15.1. The number of nitrogens with two attached hydrogens (primary N) is 1. The Morgan fingerprint density at radius 2 is 2.14 bits per heavy atom. The maximum atomic E-state index is 5.82. The fourth-order valence-corrected chi connectivity index (χ4v) is 3.28. The number of rotatable bonds is 3. The first kappa shape index (κ1) is 13.5. The molecule has 6 heteroatoms. The minimum atomic E-state index is 0.331. The Labute approximate surface area is 129 Å². The van der Waals surface area contributed by atoms with Gasteiger partial charge in [0.1, 0.15) is 5.82 Å². The zero-order chi connectivity index (χ0) is 14.9. The molecule has 4 N–H and O–H groups in total. The normalized spacial score (nSPS) is 16.2. The van der Waals surface area contributed by atoms with Crippen LogP contribution in [0.25, 0.3) is 0 Å². The van der Waals surface area contributed by atoms with Crippen molar-refractivity contribution in [2.45, 2.75) is 38.8 Å². The summed E-state index contributed by atoms with van der Waals surface area (Å²) in [5, 5.41) is 6.74. The lowest BCUT2D eigenvalue weighted by molar-refractivity contribution is 0.625. The van der Waals surface area contributed by atoms with E-state index in [1.807, 2.05) is 6.20 Å². The van der Waals surface area contributed by atoms with E-state index in [0.29, 0.717) is 5.95 Å². The molecular formula is C16H20N6. The summed E-state index contributed by atoms with van der Waals surface area (Å²) >= 11 is 0. The Balaban J connectivity index is 1.55. The average molecular weight is 296 g/mol. The van der Waals surface area contributed by atoms with E-state index >= 15 is 0 Å². The highest BCUT2D eigenvalue weighted by molar-refractivity contribution is 5.51. The first-order valence-corrected chi connectivity index (χ1v) is 7.86. The van der Waals surface area contributed by atoms with Crippen LogP contribution in [0.3, 0.4) is 0 Å². The average Bonchev–Trinajstić information content (AvgIpc) is 3.00. The number of nitrogens with zero attached hydrogens (tertiary/aromatic N) is 3. The molecule has 0 atom stereocenters. The summed E-state index contributed by atoms with van der Waals surface area (Å²) in [5.41, 5.74) is 11.9. The van der Waals surface area contributed by atoms with Crippen LogP contribution in [0.15, 0.2) is 12.3 Å². The van der Waals surface area contributed by atoms with Crippen LogP contribution >= 0.6 is 0 Å². The second kappa shape index (κ2) is 5.53. The van der Waals surface area contributed by atoms with E-state index in [2.05, 4.69) is 31.7 Å². The Morgan fingerprint density at radius 1 is 1.18 bits per heavy atom. The number of nitrogens with one attached hydrogen (secondary N) is 2. The van der Waals surface area contributed by atoms with Crippen molar-refractivity contribution in [3.8, 4) is 0 Å². The molecule has 0 fully saturated rings. The molecule has 2 aromatic rings. The van der Waals surface area contributed by atoms with E-state index in [0.717, 1.165) is 50.4 Å². The molecule has 3 heterocycles. The molecule has 2 aliphatic rings. The Morgan fingerprint density at radius 3 is 3.09 bits per heavy atom. The van der Waals surface area contributed by atoms with Gasteiger partial charge in [0.05, 0.1) is 5.69 Å². The summed E-state index contributed by atoms with van der Waals surface area (Å²) in [6.07, 6.45) is 6.39. The van der Waals surface area contributed by atoms with Crippen LogP contribution in [0.2, 0.25) is 0 Å². The monoisotopic (exact) mass is 296 g/mol. The number of fused-ring (bicyclic) bond motifs is 2. The molecule has 0 spiro atoms. The fraction of sp³-hybridized carbons (Fsp3) is 0.438. The van der Waals surface area contributed by atoms with Crippen LogP contribution in [0.5, 0.6) is 0 Å². The van der Waals surface area contributed by atoms with Gasteiger partial charge in [0.15, 0.2) is 0 Å². The third-order valence-corrected chi connectivity index (χ3v) is 4.39. The molecule has 1 aliphatic carbocycles. The first-order chi connectivity index (χ1) is 10.8. The zero-order valence-electron chi connectivity index (χ0n) is 12.5. The van der Waals surface area contributed by atoms with Crippen LogP contribution in [0, 0.1) is 0 Å². The van der Waals surface area contributed by atoms with Crippen molar-refractivity contribution in [2.75, 3.05) is 17.6 Å². The molecular weight excluding hydrogens is 276 g/mol. The minimum absolute atomic E-state index is 0.331. The third kappa shape index (κ3) is 2.50. The second-order valence-electron chi connectivity index (χ2n) is 5.94. The summed E-state index contributed by atoms with van der Waals surface area (Å²) in [4.78, 5) is 13.3. The van der Waals surface area contributed by atoms with Gasteiger partial charge in [-0.15, -0.1) is 0 Å². The smallest absolute Gasteiger partial charge is 0.222 e. The largest absolute Gasteiger partial charge is 0.368 e. The van der Waals surface area contributed by atoms with Crippen molar-refractivity contribution in [2.24, 2.45) is 0 Å². The van der Waals surface area contributed by atoms with Gasteiger partial charge >= 0.3 is 0 Å². The Kier molecular flexibility index (Phi) is 3.38. The summed E-state index contributed by atoms with van der Waals surface area (Å²) in [7, 11) is 0. The molecule has 0 unspecified atom stereocenters. The van der Waals surface area contributed by atoms with Gasteiger partial charge in [0.2, 0.25) is 5.95 Å². The van der Waals surface area contributed by atoms with Crippen molar-refractivity contribution < 1.29 is 0 Å². The van der Waals surface area contributed by atoms with Gasteiger partial charge in [-0.1, -0.05) is 6.07 Å². The minimum Gasteiger partial charge on any atom is -0.368 e. The number of hydrogen-bond donors (Lipinski definition) is 3. The molecule has 6 nitrogen and oxygen atoms in total. The van der Waals surface area contributed by atoms with E-state index in [4.69, 9.17) is 5.73 Å². The van der Waals surface area contributed by atoms with Crippen molar-refractivity contribution in [1.29, 1.82) is 0 Å². The van der Waals surface area contributed by atoms with Gasteiger partial charge in [0, 0.05) is 30.5 Å². The molecule has 0 bridgehead atoms. The number of pyridine rings is 1. The number of anilines is 2. The van der Waals surface area contributed by atoms with Crippen LogP contribution < -0.4 is 16.4 Å². The molecule has 4 rings (SSSR count). The van der Waals surface area contributed by atoms with Gasteiger partial charge in [-0.05, 0) is 43.4 Å². The maximum absolute atomic E-state index is 5.82. The molecule has 2 aromatic heterocycles. The highest BCUT2D eigenvalue weighted by Gasteiger charge is 2.17. The number of aromatic nitrogens is 3. The molecule has 114 valence electrons. The molecule has 0 radical (unpaired) electrons. The van der Waals surface area contributed by atoms with E-state index in [9.17, 15) is 0 Å². The van der Waals surface area contributed by atoms with Crippen LogP contribution in [0.1, 0.15) is 34.5 Å². The predicted molar refractivity (Wildman–Crippen MR) is 85.4 cm³/mol. The molecule has 22 heavy (non-hydrogen) atoms. The predicted octanol–water partition coefficient (Wildman–Crippen LogP) is 1.20. The van der Waals surface area contributed by atoms with Crippen molar-refractivity contribution in [3.63, 3.8) is 0 Å². The van der Waals surface area contributed by atoms with E-state index < -0.39 is 0 Å². The lowest BCUT2D eigenvalue weighted by Crippen LogP contribution is -2.26. The fourth-order valence-electron chi connectivity index (χ4n) is 3.28. The molecule has 0 saturated carbocycles. The van der Waals surface area contributed by atoms with E-state index in [-0.39, 0.29) is 0 Å². The van der Waals surface area contributed by atoms with Crippen molar-refractivity contribution in [3.05, 3.63) is 40.3 Å². The number of nitrogen functional groups attached to an aromatic ring is 1. The molecule has 1 aliphatic heterocycles. The Bertz CT molecular complexity index is 712. The number of aryl methyl sites for hydroxylation is 2. The van der Waals surface area contributed by atoms with Gasteiger partial charge < -0.3 is 16.4 Å². The second-order valence-corrected chi connectivity index (χ2v) is 5.94. The van der Waals surface area contributed by atoms with Gasteiger partial charge in [-0.3, -0.25) is 4.98 Å². The maximum Gasteiger partial charge on any atom is 0.222 e. The summed E-state index contributed by atoms with van der Waals surface area (Å²) in [6, 6.07) is 2.26. The Hall–Kier alpha value is -2.21. The summed E-state index contributed by atoms with van der Waals surface area (Å²) in [5.74, 6) is 1.20. The summed E-state index contributed by atoms with van der Waals surface area (Å²) in [6.45, 7) is 2.43. The SMILES string of the molecule is Nc1nc2c(c(NCc3cnc4c(c3)CCC4)n1)CCNC2. The van der Waals surface area contributed by atoms with Crippen molar-refractivity contribution >= 4 is 11.8 Å². The van der Waals surface area contributed by atoms with Crippen LogP contribution in [-0.2, 0) is 32.4 Å². The van der Waals surface area contributed by atoms with Crippen LogP contribution in [-0.4, -0.2) is 21.5 Å². The zero-order valence-corrected chi connectivity index (χ0v) is 12.5. The molecule has 0 saturated heterocycles. The van der Waals surface area contributed by atoms with E-state index in [1.54, 1.807) is 0 Å². The molecule has 0 amide bonds.